The van der Waals surface area contributed by atoms with Gasteiger partial charge in [-0.25, -0.2) is 0 Å². The second kappa shape index (κ2) is 2.74. The third-order valence-electron chi connectivity index (χ3n) is 1.16. The summed E-state index contributed by atoms with van der Waals surface area (Å²) < 4.78 is 5.27. The molecule has 0 saturated carbocycles. The van der Waals surface area contributed by atoms with Crippen LogP contribution >= 0.6 is 29.3 Å². The quantitative estimate of drug-likeness (QED) is 0.517. The van der Waals surface area contributed by atoms with Gasteiger partial charge in [-0.15, -0.1) is 0 Å². The predicted octanol–water partition coefficient (Wildman–Crippen LogP) is 2.99. The van der Waals surface area contributed by atoms with Crippen LogP contribution in [0.15, 0.2) is 0 Å². The Balaban J connectivity index is 2.39. The Morgan fingerprint density at radius 3 is 2.38 bits per heavy atom. The molecule has 1 heterocycles. The highest BCUT2D eigenvalue weighted by Gasteiger charge is 2.28. The monoisotopic (exact) mass is 170 g/mol. The van der Waals surface area contributed by atoms with Crippen molar-refractivity contribution < 1.29 is 4.52 Å². The number of halogens is 1. The maximum absolute atomic E-state index is 5.71. The Morgan fingerprint density at radius 1 is 1.62 bits per heavy atom. The average Bonchev–Trinajstić information content (AvgIpc) is 1.85. The fourth-order valence-electron chi connectivity index (χ4n) is 0.458. The Hall–Kier alpha value is 1.03. The zero-order chi connectivity index (χ0) is 6.15. The van der Waals surface area contributed by atoms with Crippen LogP contribution in [0.5, 0.6) is 0 Å². The van der Waals surface area contributed by atoms with Gasteiger partial charge in [-0.05, 0) is 6.92 Å². The lowest BCUT2D eigenvalue weighted by atomic mass is 10.3. The standard InChI is InChI=1S/C4H8ClOPS/c1-3-4(2)8-7(5)6-3/h3-4H,1-2H3. The molecule has 0 aromatic carbocycles. The van der Waals surface area contributed by atoms with E-state index in [-0.39, 0.29) is 0 Å². The Kier molecular flexibility index (Phi) is 2.45. The van der Waals surface area contributed by atoms with Crippen molar-refractivity contribution in [2.45, 2.75) is 25.2 Å². The van der Waals surface area contributed by atoms with Gasteiger partial charge in [0.05, 0.1) is 6.10 Å². The first-order valence-electron chi connectivity index (χ1n) is 2.49. The molecule has 1 aliphatic rings. The summed E-state index contributed by atoms with van der Waals surface area (Å²) in [5, 5.41) is 0.582. The van der Waals surface area contributed by atoms with E-state index in [0.717, 1.165) is 0 Å². The Bertz CT molecular complexity index is 82.1. The third-order valence-corrected chi connectivity index (χ3v) is 5.25. The predicted molar refractivity (Wildman–Crippen MR) is 40.4 cm³/mol. The molecule has 0 bridgehead atoms. The summed E-state index contributed by atoms with van der Waals surface area (Å²) in [6, 6.07) is 0. The van der Waals surface area contributed by atoms with Crippen molar-refractivity contribution in [2.24, 2.45) is 0 Å². The van der Waals surface area contributed by atoms with Gasteiger partial charge in [-0.3, -0.25) is 0 Å². The summed E-state index contributed by atoms with van der Waals surface area (Å²) in [6.45, 7) is 3.54. The molecule has 1 nitrogen and oxygen atoms in total. The van der Waals surface area contributed by atoms with Crippen LogP contribution in [0.3, 0.4) is 0 Å². The summed E-state index contributed by atoms with van der Waals surface area (Å²) in [6.07, 6.45) is 0.351. The van der Waals surface area contributed by atoms with E-state index in [1.165, 1.54) is 0 Å². The minimum Gasteiger partial charge on any atom is -0.331 e. The number of hydrogen-bond donors (Lipinski definition) is 0. The first-order valence-corrected chi connectivity index (χ1v) is 6.14. The van der Waals surface area contributed by atoms with Crippen LogP contribution in [-0.2, 0) is 4.52 Å². The summed E-state index contributed by atoms with van der Waals surface area (Å²) in [5.74, 6) is 0. The van der Waals surface area contributed by atoms with Gasteiger partial charge >= 0.3 is 0 Å². The highest BCUT2D eigenvalue weighted by Crippen LogP contribution is 2.64. The van der Waals surface area contributed by atoms with Crippen LogP contribution in [-0.4, -0.2) is 11.4 Å². The highest BCUT2D eigenvalue weighted by molar-refractivity contribution is 8.62. The summed E-state index contributed by atoms with van der Waals surface area (Å²) >= 11 is 7.44. The molecule has 0 aromatic heterocycles. The minimum absolute atomic E-state index is 0.351. The van der Waals surface area contributed by atoms with E-state index in [4.69, 9.17) is 15.8 Å². The molecule has 1 rings (SSSR count). The highest BCUT2D eigenvalue weighted by atomic mass is 35.7. The van der Waals surface area contributed by atoms with Gasteiger partial charge in [-0.1, -0.05) is 29.5 Å². The molecule has 0 radical (unpaired) electrons. The lowest BCUT2D eigenvalue weighted by molar-refractivity contribution is 0.269. The second-order valence-electron chi connectivity index (χ2n) is 1.83. The van der Waals surface area contributed by atoms with Crippen molar-refractivity contribution in [2.75, 3.05) is 0 Å². The Morgan fingerprint density at radius 2 is 2.25 bits per heavy atom. The van der Waals surface area contributed by atoms with E-state index in [0.29, 0.717) is 11.4 Å². The van der Waals surface area contributed by atoms with E-state index >= 15 is 0 Å². The molecule has 1 fully saturated rings. The van der Waals surface area contributed by atoms with Gasteiger partial charge in [0.25, 0.3) is 0 Å². The van der Waals surface area contributed by atoms with Crippen LogP contribution in [0.1, 0.15) is 13.8 Å². The van der Waals surface area contributed by atoms with E-state index in [1.807, 2.05) is 0 Å². The van der Waals surface area contributed by atoms with Crippen LogP contribution in [0, 0.1) is 0 Å². The van der Waals surface area contributed by atoms with Gasteiger partial charge in [-0.2, -0.15) is 0 Å². The average molecular weight is 171 g/mol. The first-order chi connectivity index (χ1) is 3.70. The van der Waals surface area contributed by atoms with Crippen molar-refractivity contribution >= 4 is 29.3 Å². The molecule has 48 valence electrons. The fraction of sp³-hybridized carbons (Fsp3) is 1.00. The molecule has 3 unspecified atom stereocenters. The molecule has 8 heavy (non-hydrogen) atoms. The van der Waals surface area contributed by atoms with Gasteiger partial charge < -0.3 is 4.52 Å². The maximum atomic E-state index is 5.71. The van der Waals surface area contributed by atoms with Crippen LogP contribution < -0.4 is 0 Å². The molecule has 0 amide bonds. The zero-order valence-electron chi connectivity index (χ0n) is 4.80. The van der Waals surface area contributed by atoms with Gasteiger partial charge in [0.2, 0.25) is 0 Å². The second-order valence-corrected chi connectivity index (χ2v) is 6.57. The molecule has 3 atom stereocenters. The SMILES string of the molecule is CC1OP(Cl)SC1C. The molecule has 0 spiro atoms. The molecular formula is C4H8ClOPS. The van der Waals surface area contributed by atoms with Crippen molar-refractivity contribution in [1.29, 1.82) is 0 Å². The van der Waals surface area contributed by atoms with Crippen molar-refractivity contribution in [3.05, 3.63) is 0 Å². The van der Waals surface area contributed by atoms with Crippen molar-refractivity contribution in [3.8, 4) is 0 Å². The van der Waals surface area contributed by atoms with Crippen LogP contribution in [0.2, 0.25) is 0 Å². The fourth-order valence-corrected chi connectivity index (χ4v) is 4.89. The molecule has 1 saturated heterocycles. The molecule has 0 aromatic rings. The van der Waals surface area contributed by atoms with Crippen molar-refractivity contribution in [1.82, 2.24) is 0 Å². The van der Waals surface area contributed by atoms with E-state index < -0.39 is 6.70 Å². The molecule has 1 aliphatic heterocycles. The number of hydrogen-bond acceptors (Lipinski definition) is 2. The van der Waals surface area contributed by atoms with E-state index in [9.17, 15) is 0 Å². The smallest absolute Gasteiger partial charge is 0.189 e. The normalized spacial score (nSPS) is 47.6. The van der Waals surface area contributed by atoms with E-state index in [2.05, 4.69) is 13.8 Å². The summed E-state index contributed by atoms with van der Waals surface area (Å²) in [5.41, 5.74) is 0. The minimum atomic E-state index is -0.655. The molecule has 0 aliphatic carbocycles. The summed E-state index contributed by atoms with van der Waals surface area (Å²) in [7, 11) is 0. The van der Waals surface area contributed by atoms with E-state index in [1.54, 1.807) is 11.4 Å². The van der Waals surface area contributed by atoms with Crippen LogP contribution in [0.4, 0.5) is 0 Å². The lowest BCUT2D eigenvalue weighted by Gasteiger charge is -2.02. The number of rotatable bonds is 0. The molecule has 4 heteroatoms. The van der Waals surface area contributed by atoms with Crippen LogP contribution in [0.25, 0.3) is 0 Å². The third kappa shape index (κ3) is 1.51. The summed E-state index contributed by atoms with van der Waals surface area (Å²) in [4.78, 5) is 0. The lowest BCUT2D eigenvalue weighted by Crippen LogP contribution is -2.09. The first kappa shape index (κ1) is 7.14. The van der Waals surface area contributed by atoms with Gasteiger partial charge in [0, 0.05) is 5.25 Å². The largest absolute Gasteiger partial charge is 0.331 e. The van der Waals surface area contributed by atoms with Gasteiger partial charge in [0.1, 0.15) is 0 Å². The topological polar surface area (TPSA) is 9.23 Å². The van der Waals surface area contributed by atoms with Gasteiger partial charge in [0.15, 0.2) is 6.70 Å². The molecular weight excluding hydrogens is 163 g/mol. The Labute approximate surface area is 59.5 Å². The zero-order valence-corrected chi connectivity index (χ0v) is 7.26. The maximum Gasteiger partial charge on any atom is 0.189 e. The van der Waals surface area contributed by atoms with Crippen molar-refractivity contribution in [3.63, 3.8) is 0 Å². The molecule has 0 N–H and O–H groups in total.